The van der Waals surface area contributed by atoms with Crippen molar-refractivity contribution in [3.63, 3.8) is 0 Å². The molecule has 2 fully saturated rings. The van der Waals surface area contributed by atoms with Crippen LogP contribution in [-0.4, -0.2) is 49.6 Å². The molecule has 0 saturated carbocycles. The number of esters is 1. The zero-order chi connectivity index (χ0) is 16.9. The van der Waals surface area contributed by atoms with Gasteiger partial charge >= 0.3 is 5.97 Å². The van der Waals surface area contributed by atoms with Gasteiger partial charge in [0.1, 0.15) is 0 Å². The molecule has 1 aromatic carbocycles. The fourth-order valence-electron chi connectivity index (χ4n) is 3.64. The van der Waals surface area contributed by atoms with Gasteiger partial charge in [-0.25, -0.2) is 0 Å². The molecule has 0 unspecified atom stereocenters. The summed E-state index contributed by atoms with van der Waals surface area (Å²) in [7, 11) is 0. The van der Waals surface area contributed by atoms with Crippen LogP contribution in [0.2, 0.25) is 0 Å². The van der Waals surface area contributed by atoms with Crippen molar-refractivity contribution >= 4 is 17.6 Å². The minimum Gasteiger partial charge on any atom is -0.466 e. The number of para-hydroxylation sites is 1. The van der Waals surface area contributed by atoms with Gasteiger partial charge in [0.15, 0.2) is 0 Å². The number of carbonyl (C=O) groups excluding carboxylic acids is 2. The highest BCUT2D eigenvalue weighted by molar-refractivity contribution is 6.00. The third-order valence-electron chi connectivity index (χ3n) is 4.98. The van der Waals surface area contributed by atoms with Crippen molar-refractivity contribution in [2.75, 3.05) is 37.7 Å². The number of benzene rings is 1. The molecule has 2 saturated heterocycles. The van der Waals surface area contributed by atoms with Crippen LogP contribution in [-0.2, 0) is 9.53 Å². The van der Waals surface area contributed by atoms with E-state index in [0.717, 1.165) is 24.3 Å². The largest absolute Gasteiger partial charge is 0.466 e. The maximum Gasteiger partial charge on any atom is 0.309 e. The van der Waals surface area contributed by atoms with E-state index < -0.39 is 0 Å². The average molecular weight is 330 g/mol. The SMILES string of the molecule is CCOC(=O)C1CCN(C(=O)c2ccccc2N2CCCC2)CC1. The second kappa shape index (κ2) is 7.69. The van der Waals surface area contributed by atoms with Gasteiger partial charge in [0.05, 0.1) is 18.1 Å². The molecule has 5 nitrogen and oxygen atoms in total. The van der Waals surface area contributed by atoms with E-state index in [4.69, 9.17) is 4.74 Å². The number of hydrogen-bond donors (Lipinski definition) is 0. The van der Waals surface area contributed by atoms with Crippen LogP contribution < -0.4 is 4.90 Å². The van der Waals surface area contributed by atoms with Gasteiger partial charge in [-0.15, -0.1) is 0 Å². The number of rotatable bonds is 4. The number of hydrogen-bond acceptors (Lipinski definition) is 4. The monoisotopic (exact) mass is 330 g/mol. The smallest absolute Gasteiger partial charge is 0.309 e. The summed E-state index contributed by atoms with van der Waals surface area (Å²) in [5, 5.41) is 0. The van der Waals surface area contributed by atoms with Crippen molar-refractivity contribution in [1.29, 1.82) is 0 Å². The zero-order valence-electron chi connectivity index (χ0n) is 14.4. The second-order valence-corrected chi connectivity index (χ2v) is 6.53. The maximum atomic E-state index is 13.0. The van der Waals surface area contributed by atoms with Crippen LogP contribution in [0.1, 0.15) is 43.0 Å². The molecule has 0 bridgehead atoms. The summed E-state index contributed by atoms with van der Waals surface area (Å²) in [4.78, 5) is 29.0. The molecular weight excluding hydrogens is 304 g/mol. The summed E-state index contributed by atoms with van der Waals surface area (Å²) in [5.74, 6) is -0.107. The van der Waals surface area contributed by atoms with Gasteiger partial charge in [-0.05, 0) is 44.7 Å². The van der Waals surface area contributed by atoms with Crippen LogP contribution >= 0.6 is 0 Å². The predicted octanol–water partition coefficient (Wildman–Crippen LogP) is 2.70. The lowest BCUT2D eigenvalue weighted by molar-refractivity contribution is -0.149. The Balaban J connectivity index is 1.67. The van der Waals surface area contributed by atoms with E-state index in [0.29, 0.717) is 32.5 Å². The van der Waals surface area contributed by atoms with Crippen LogP contribution in [0.3, 0.4) is 0 Å². The molecule has 0 spiro atoms. The summed E-state index contributed by atoms with van der Waals surface area (Å²) in [6.07, 6.45) is 3.76. The van der Waals surface area contributed by atoms with Crippen LogP contribution in [0.25, 0.3) is 0 Å². The molecule has 0 atom stereocenters. The first kappa shape index (κ1) is 16.8. The molecule has 24 heavy (non-hydrogen) atoms. The van der Waals surface area contributed by atoms with Crippen LogP contribution in [0, 0.1) is 5.92 Å². The lowest BCUT2D eigenvalue weighted by atomic mass is 9.96. The van der Waals surface area contributed by atoms with Crippen molar-refractivity contribution in [2.45, 2.75) is 32.6 Å². The molecule has 2 aliphatic heterocycles. The van der Waals surface area contributed by atoms with Crippen molar-refractivity contribution < 1.29 is 14.3 Å². The molecule has 1 aromatic rings. The number of nitrogens with zero attached hydrogens (tertiary/aromatic N) is 2. The number of amides is 1. The Morgan fingerprint density at radius 2 is 1.75 bits per heavy atom. The lowest BCUT2D eigenvalue weighted by Crippen LogP contribution is -2.41. The maximum absolute atomic E-state index is 13.0. The molecule has 2 heterocycles. The third-order valence-corrected chi connectivity index (χ3v) is 4.98. The normalized spacial score (nSPS) is 18.7. The molecule has 3 rings (SSSR count). The Morgan fingerprint density at radius 1 is 1.08 bits per heavy atom. The average Bonchev–Trinajstić information content (AvgIpc) is 3.16. The number of ether oxygens (including phenoxy) is 1. The number of carbonyl (C=O) groups is 2. The number of piperidine rings is 1. The molecular formula is C19H26N2O3. The van der Waals surface area contributed by atoms with Crippen molar-refractivity contribution in [1.82, 2.24) is 4.90 Å². The van der Waals surface area contributed by atoms with E-state index in [9.17, 15) is 9.59 Å². The molecule has 0 aliphatic carbocycles. The summed E-state index contributed by atoms with van der Waals surface area (Å²) < 4.78 is 5.10. The van der Waals surface area contributed by atoms with E-state index >= 15 is 0 Å². The summed E-state index contributed by atoms with van der Waals surface area (Å²) >= 11 is 0. The van der Waals surface area contributed by atoms with Crippen molar-refractivity contribution in [3.05, 3.63) is 29.8 Å². The molecule has 2 aliphatic rings. The Labute approximate surface area is 143 Å². The first-order valence-electron chi connectivity index (χ1n) is 9.00. The van der Waals surface area contributed by atoms with Gasteiger partial charge in [0.25, 0.3) is 5.91 Å². The second-order valence-electron chi connectivity index (χ2n) is 6.53. The minimum absolute atomic E-state index is 0.0668. The van der Waals surface area contributed by atoms with Gasteiger partial charge in [0.2, 0.25) is 0 Å². The third kappa shape index (κ3) is 3.55. The van der Waals surface area contributed by atoms with Gasteiger partial charge in [-0.2, -0.15) is 0 Å². The molecule has 1 amide bonds. The first-order chi connectivity index (χ1) is 11.7. The highest BCUT2D eigenvalue weighted by Gasteiger charge is 2.30. The highest BCUT2D eigenvalue weighted by atomic mass is 16.5. The Hall–Kier alpha value is -2.04. The predicted molar refractivity (Wildman–Crippen MR) is 93.1 cm³/mol. The van der Waals surface area contributed by atoms with Crippen LogP contribution in [0.5, 0.6) is 0 Å². The van der Waals surface area contributed by atoms with Crippen molar-refractivity contribution in [2.24, 2.45) is 5.92 Å². The number of anilines is 1. The summed E-state index contributed by atoms with van der Waals surface area (Å²) in [6.45, 7) is 5.53. The highest BCUT2D eigenvalue weighted by Crippen LogP contribution is 2.27. The molecule has 5 heteroatoms. The fraction of sp³-hybridized carbons (Fsp3) is 0.579. The van der Waals surface area contributed by atoms with E-state index in [1.165, 1.54) is 12.8 Å². The van der Waals surface area contributed by atoms with E-state index in [1.54, 1.807) is 0 Å². The molecule has 130 valence electrons. The van der Waals surface area contributed by atoms with Gasteiger partial charge < -0.3 is 14.5 Å². The zero-order valence-corrected chi connectivity index (χ0v) is 14.4. The minimum atomic E-state index is -0.123. The van der Waals surface area contributed by atoms with Crippen LogP contribution in [0.4, 0.5) is 5.69 Å². The van der Waals surface area contributed by atoms with E-state index in [-0.39, 0.29) is 17.8 Å². The molecule has 0 aromatic heterocycles. The van der Waals surface area contributed by atoms with Gasteiger partial charge in [0, 0.05) is 31.9 Å². The number of likely N-dealkylation sites (tertiary alicyclic amines) is 1. The van der Waals surface area contributed by atoms with Crippen LogP contribution in [0.15, 0.2) is 24.3 Å². The van der Waals surface area contributed by atoms with E-state index in [1.807, 2.05) is 36.1 Å². The summed E-state index contributed by atoms with van der Waals surface area (Å²) in [5.41, 5.74) is 1.83. The van der Waals surface area contributed by atoms with Gasteiger partial charge in [-0.3, -0.25) is 9.59 Å². The Morgan fingerprint density at radius 3 is 2.42 bits per heavy atom. The van der Waals surface area contributed by atoms with Crippen molar-refractivity contribution in [3.8, 4) is 0 Å². The lowest BCUT2D eigenvalue weighted by Gasteiger charge is -2.32. The summed E-state index contributed by atoms with van der Waals surface area (Å²) in [6, 6.07) is 7.90. The standard InChI is InChI=1S/C19H26N2O3/c1-2-24-19(23)15-9-13-21(14-10-15)18(22)16-7-3-4-8-17(16)20-11-5-6-12-20/h3-4,7-8,15H,2,5-6,9-14H2,1H3. The molecule has 0 N–H and O–H groups in total. The Bertz CT molecular complexity index is 588. The van der Waals surface area contributed by atoms with Gasteiger partial charge in [-0.1, -0.05) is 12.1 Å². The molecule has 0 radical (unpaired) electrons. The Kier molecular flexibility index (Phi) is 5.38. The quantitative estimate of drug-likeness (QED) is 0.797. The van der Waals surface area contributed by atoms with E-state index in [2.05, 4.69) is 4.90 Å². The fourth-order valence-corrected chi connectivity index (χ4v) is 3.64. The first-order valence-corrected chi connectivity index (χ1v) is 9.00. The topological polar surface area (TPSA) is 49.9 Å².